The molecule has 0 heterocycles. The molecule has 1 atom stereocenters. The van der Waals surface area contributed by atoms with Crippen molar-refractivity contribution in [2.24, 2.45) is 0 Å². The molecule has 1 aromatic rings. The standard InChI is InChI=1S/C10H10Cl2O3/c1-15-9(10(13)14)5-6-2-3-7(11)8(12)4-6/h2-4,9H,5H2,1H3,(H,13,14). The van der Waals surface area contributed by atoms with Crippen molar-refractivity contribution in [2.75, 3.05) is 7.11 Å². The van der Waals surface area contributed by atoms with Gasteiger partial charge in [0.2, 0.25) is 0 Å². The third-order valence-electron chi connectivity index (χ3n) is 1.97. The van der Waals surface area contributed by atoms with Gasteiger partial charge >= 0.3 is 5.97 Å². The summed E-state index contributed by atoms with van der Waals surface area (Å²) in [6.45, 7) is 0. The van der Waals surface area contributed by atoms with Gasteiger partial charge in [0, 0.05) is 13.5 Å². The van der Waals surface area contributed by atoms with E-state index in [-0.39, 0.29) is 6.42 Å². The molecule has 0 amide bonds. The van der Waals surface area contributed by atoms with Crippen molar-refractivity contribution in [1.29, 1.82) is 0 Å². The summed E-state index contributed by atoms with van der Waals surface area (Å²) in [5, 5.41) is 9.63. The Bertz CT molecular complexity index is 366. The molecule has 0 saturated heterocycles. The first-order chi connectivity index (χ1) is 7.04. The Morgan fingerprint density at radius 3 is 2.60 bits per heavy atom. The van der Waals surface area contributed by atoms with Crippen molar-refractivity contribution in [3.8, 4) is 0 Å². The maximum absolute atomic E-state index is 10.7. The number of methoxy groups -OCH3 is 1. The molecule has 0 spiro atoms. The van der Waals surface area contributed by atoms with Gasteiger partial charge in [0.25, 0.3) is 0 Å². The van der Waals surface area contributed by atoms with Crippen LogP contribution >= 0.6 is 23.2 Å². The second-order valence-electron chi connectivity index (χ2n) is 3.02. The molecule has 0 aliphatic heterocycles. The summed E-state index contributed by atoms with van der Waals surface area (Å²) in [6, 6.07) is 5.00. The van der Waals surface area contributed by atoms with Gasteiger partial charge in [-0.3, -0.25) is 0 Å². The maximum atomic E-state index is 10.7. The Morgan fingerprint density at radius 1 is 1.47 bits per heavy atom. The van der Waals surface area contributed by atoms with Crippen LogP contribution in [0.25, 0.3) is 0 Å². The first-order valence-corrected chi connectivity index (χ1v) is 4.99. The predicted octanol–water partition coefficient (Wildman–Crippen LogP) is 2.64. The van der Waals surface area contributed by atoms with Crippen LogP contribution in [0.4, 0.5) is 0 Å². The zero-order valence-corrected chi connectivity index (χ0v) is 9.55. The maximum Gasteiger partial charge on any atom is 0.333 e. The van der Waals surface area contributed by atoms with Crippen molar-refractivity contribution in [3.63, 3.8) is 0 Å². The normalized spacial score (nSPS) is 12.5. The smallest absolute Gasteiger partial charge is 0.333 e. The van der Waals surface area contributed by atoms with E-state index in [1.165, 1.54) is 7.11 Å². The molecule has 3 nitrogen and oxygen atoms in total. The van der Waals surface area contributed by atoms with Crippen LogP contribution < -0.4 is 0 Å². The minimum absolute atomic E-state index is 0.267. The molecule has 0 fully saturated rings. The molecule has 0 aliphatic rings. The number of benzene rings is 1. The highest BCUT2D eigenvalue weighted by atomic mass is 35.5. The number of rotatable bonds is 4. The first-order valence-electron chi connectivity index (χ1n) is 4.24. The van der Waals surface area contributed by atoms with Crippen molar-refractivity contribution in [2.45, 2.75) is 12.5 Å². The lowest BCUT2D eigenvalue weighted by Crippen LogP contribution is -2.24. The summed E-state index contributed by atoms with van der Waals surface area (Å²) >= 11 is 11.5. The first kappa shape index (κ1) is 12.3. The monoisotopic (exact) mass is 248 g/mol. The van der Waals surface area contributed by atoms with E-state index in [0.29, 0.717) is 10.0 Å². The van der Waals surface area contributed by atoms with Crippen LogP contribution in [-0.2, 0) is 16.0 Å². The summed E-state index contributed by atoms with van der Waals surface area (Å²) in [7, 11) is 1.36. The molecule has 0 aromatic heterocycles. The largest absolute Gasteiger partial charge is 0.479 e. The molecule has 0 saturated carbocycles. The second-order valence-corrected chi connectivity index (χ2v) is 3.83. The average Bonchev–Trinajstić information content (AvgIpc) is 2.19. The molecule has 0 aliphatic carbocycles. The van der Waals surface area contributed by atoms with Gasteiger partial charge in [-0.05, 0) is 17.7 Å². The van der Waals surface area contributed by atoms with Crippen molar-refractivity contribution >= 4 is 29.2 Å². The molecule has 1 rings (SSSR count). The number of ether oxygens (including phenoxy) is 1. The Labute approximate surface area is 97.6 Å². The van der Waals surface area contributed by atoms with Gasteiger partial charge in [-0.2, -0.15) is 0 Å². The fourth-order valence-corrected chi connectivity index (χ4v) is 1.47. The van der Waals surface area contributed by atoms with Gasteiger partial charge in [-0.25, -0.2) is 4.79 Å². The molecular formula is C10H10Cl2O3. The predicted molar refractivity (Wildman–Crippen MR) is 58.6 cm³/mol. The van der Waals surface area contributed by atoms with E-state index in [1.54, 1.807) is 18.2 Å². The summed E-state index contributed by atoms with van der Waals surface area (Å²) in [5.74, 6) is -0.997. The van der Waals surface area contributed by atoms with Gasteiger partial charge in [-0.1, -0.05) is 29.3 Å². The highest BCUT2D eigenvalue weighted by Crippen LogP contribution is 2.23. The highest BCUT2D eigenvalue weighted by Gasteiger charge is 2.17. The Morgan fingerprint density at radius 2 is 2.13 bits per heavy atom. The van der Waals surface area contributed by atoms with Crippen LogP contribution in [0.1, 0.15) is 5.56 Å². The number of aliphatic carboxylic acids is 1. The van der Waals surface area contributed by atoms with Crippen LogP contribution in [0, 0.1) is 0 Å². The zero-order valence-electron chi connectivity index (χ0n) is 8.04. The average molecular weight is 249 g/mol. The number of hydrogen-bond donors (Lipinski definition) is 1. The number of carboxylic acid groups (broad SMARTS) is 1. The summed E-state index contributed by atoms with van der Waals surface area (Å²) in [4.78, 5) is 10.7. The van der Waals surface area contributed by atoms with E-state index < -0.39 is 12.1 Å². The zero-order chi connectivity index (χ0) is 11.4. The number of halogens is 2. The molecular weight excluding hydrogens is 239 g/mol. The molecule has 5 heteroatoms. The molecule has 1 aromatic carbocycles. The minimum Gasteiger partial charge on any atom is -0.479 e. The van der Waals surface area contributed by atoms with Gasteiger partial charge in [-0.15, -0.1) is 0 Å². The van der Waals surface area contributed by atoms with E-state index in [2.05, 4.69) is 0 Å². The van der Waals surface area contributed by atoms with Crippen LogP contribution in [0.15, 0.2) is 18.2 Å². The quantitative estimate of drug-likeness (QED) is 0.892. The minimum atomic E-state index is -0.997. The molecule has 82 valence electrons. The van der Waals surface area contributed by atoms with Crippen LogP contribution in [0.3, 0.4) is 0 Å². The number of carboxylic acids is 1. The summed E-state index contributed by atoms with van der Waals surface area (Å²) in [5.41, 5.74) is 0.777. The summed E-state index contributed by atoms with van der Waals surface area (Å²) in [6.07, 6.45) is -0.592. The van der Waals surface area contributed by atoms with E-state index >= 15 is 0 Å². The lowest BCUT2D eigenvalue weighted by molar-refractivity contribution is -0.148. The lowest BCUT2D eigenvalue weighted by Gasteiger charge is -2.10. The molecule has 1 unspecified atom stereocenters. The number of carbonyl (C=O) groups is 1. The second kappa shape index (κ2) is 5.35. The fraction of sp³-hybridized carbons (Fsp3) is 0.300. The van der Waals surface area contributed by atoms with E-state index in [4.69, 9.17) is 33.0 Å². The van der Waals surface area contributed by atoms with E-state index in [9.17, 15) is 4.79 Å². The van der Waals surface area contributed by atoms with Crippen molar-refractivity contribution < 1.29 is 14.6 Å². The van der Waals surface area contributed by atoms with Crippen LogP contribution in [0.5, 0.6) is 0 Å². The Hall–Kier alpha value is -0.770. The van der Waals surface area contributed by atoms with E-state index in [1.807, 2.05) is 0 Å². The Kier molecular flexibility index (Phi) is 4.39. The van der Waals surface area contributed by atoms with Crippen molar-refractivity contribution in [3.05, 3.63) is 33.8 Å². The van der Waals surface area contributed by atoms with Crippen LogP contribution in [0.2, 0.25) is 10.0 Å². The Balaban J connectivity index is 2.80. The topological polar surface area (TPSA) is 46.5 Å². The molecule has 0 radical (unpaired) electrons. The SMILES string of the molecule is COC(Cc1ccc(Cl)c(Cl)c1)C(=O)O. The molecule has 1 N–H and O–H groups in total. The fourth-order valence-electron chi connectivity index (χ4n) is 1.15. The highest BCUT2D eigenvalue weighted by molar-refractivity contribution is 6.42. The third-order valence-corrected chi connectivity index (χ3v) is 2.70. The van der Waals surface area contributed by atoms with E-state index in [0.717, 1.165) is 5.56 Å². The van der Waals surface area contributed by atoms with Gasteiger partial charge in [0.15, 0.2) is 6.10 Å². The number of hydrogen-bond acceptors (Lipinski definition) is 2. The van der Waals surface area contributed by atoms with Gasteiger partial charge in [0.05, 0.1) is 10.0 Å². The van der Waals surface area contributed by atoms with Crippen molar-refractivity contribution in [1.82, 2.24) is 0 Å². The van der Waals surface area contributed by atoms with Crippen LogP contribution in [-0.4, -0.2) is 24.3 Å². The molecule has 0 bridgehead atoms. The lowest BCUT2D eigenvalue weighted by atomic mass is 10.1. The third kappa shape index (κ3) is 3.38. The summed E-state index contributed by atoms with van der Waals surface area (Å²) < 4.78 is 4.81. The van der Waals surface area contributed by atoms with Gasteiger partial charge in [0.1, 0.15) is 0 Å². The van der Waals surface area contributed by atoms with Gasteiger partial charge < -0.3 is 9.84 Å². The molecule has 15 heavy (non-hydrogen) atoms.